The highest BCUT2D eigenvalue weighted by molar-refractivity contribution is 6.32. The van der Waals surface area contributed by atoms with E-state index in [-0.39, 0.29) is 0 Å². The van der Waals surface area contributed by atoms with Crippen molar-refractivity contribution in [3.05, 3.63) is 58.5 Å². The van der Waals surface area contributed by atoms with Crippen molar-refractivity contribution < 1.29 is 0 Å². The van der Waals surface area contributed by atoms with Crippen LogP contribution in [0.15, 0.2) is 42.7 Å². The first-order chi connectivity index (χ1) is 9.24. The van der Waals surface area contributed by atoms with E-state index in [0.29, 0.717) is 11.7 Å². The maximum Gasteiger partial charge on any atom is 0.152 e. The normalized spacial score (nSPS) is 10.8. The Morgan fingerprint density at radius 3 is 2.95 bits per heavy atom. The second-order valence-corrected chi connectivity index (χ2v) is 4.99. The number of aromatic amines is 1. The van der Waals surface area contributed by atoms with E-state index in [1.807, 2.05) is 36.5 Å². The van der Waals surface area contributed by atoms with Crippen LogP contribution in [-0.4, -0.2) is 9.97 Å². The van der Waals surface area contributed by atoms with Gasteiger partial charge in [-0.1, -0.05) is 29.3 Å². The van der Waals surface area contributed by atoms with E-state index in [0.717, 1.165) is 27.2 Å². The molecule has 0 aliphatic heterocycles. The third-order valence-corrected chi connectivity index (χ3v) is 3.49. The smallest absolute Gasteiger partial charge is 0.152 e. The van der Waals surface area contributed by atoms with Crippen molar-refractivity contribution in [3.8, 4) is 0 Å². The highest BCUT2D eigenvalue weighted by atomic mass is 35.5. The molecule has 2 aromatic heterocycles. The molecule has 0 spiro atoms. The van der Waals surface area contributed by atoms with Crippen molar-refractivity contribution in [3.63, 3.8) is 0 Å². The molecular weight excluding hydrogens is 281 g/mol. The van der Waals surface area contributed by atoms with Gasteiger partial charge in [0.25, 0.3) is 0 Å². The summed E-state index contributed by atoms with van der Waals surface area (Å²) in [5.74, 6) is 0. The SMILES string of the molecule is Clc1ccc2c(CNc3cccnc3Cl)c[nH]c2c1. The highest BCUT2D eigenvalue weighted by Crippen LogP contribution is 2.24. The third kappa shape index (κ3) is 2.53. The zero-order valence-electron chi connectivity index (χ0n) is 9.95. The first-order valence-electron chi connectivity index (χ1n) is 5.84. The number of benzene rings is 1. The molecule has 3 aromatic rings. The van der Waals surface area contributed by atoms with Gasteiger partial charge < -0.3 is 10.3 Å². The number of nitrogens with one attached hydrogen (secondary N) is 2. The summed E-state index contributed by atoms with van der Waals surface area (Å²) in [5, 5.41) is 5.63. The van der Waals surface area contributed by atoms with Crippen molar-refractivity contribution in [2.75, 3.05) is 5.32 Å². The summed E-state index contributed by atoms with van der Waals surface area (Å²) in [4.78, 5) is 7.24. The van der Waals surface area contributed by atoms with E-state index in [1.54, 1.807) is 6.20 Å². The number of anilines is 1. The van der Waals surface area contributed by atoms with Crippen LogP contribution >= 0.6 is 23.2 Å². The van der Waals surface area contributed by atoms with E-state index in [4.69, 9.17) is 23.2 Å². The summed E-state index contributed by atoms with van der Waals surface area (Å²) in [5.41, 5.74) is 3.01. The van der Waals surface area contributed by atoms with Crippen molar-refractivity contribution in [2.45, 2.75) is 6.54 Å². The molecule has 96 valence electrons. The first kappa shape index (κ1) is 12.3. The molecule has 0 atom stereocenters. The number of rotatable bonds is 3. The monoisotopic (exact) mass is 291 g/mol. The third-order valence-electron chi connectivity index (χ3n) is 2.96. The predicted octanol–water partition coefficient (Wildman–Crippen LogP) is 4.48. The number of hydrogen-bond donors (Lipinski definition) is 2. The molecule has 0 saturated carbocycles. The van der Waals surface area contributed by atoms with Crippen LogP contribution in [0.4, 0.5) is 5.69 Å². The zero-order valence-corrected chi connectivity index (χ0v) is 11.5. The minimum Gasteiger partial charge on any atom is -0.378 e. The van der Waals surface area contributed by atoms with Gasteiger partial charge in [-0.25, -0.2) is 4.98 Å². The Balaban J connectivity index is 1.84. The standard InChI is InChI=1S/C14H11Cl2N3/c15-10-3-4-11-9(8-19-13(11)6-10)7-18-12-2-1-5-17-14(12)16/h1-6,8,18-19H,7H2. The molecule has 0 saturated heterocycles. The Bertz CT molecular complexity index is 722. The lowest BCUT2D eigenvalue weighted by Gasteiger charge is -2.06. The molecule has 0 amide bonds. The maximum atomic E-state index is 6.00. The molecule has 0 aliphatic carbocycles. The average Bonchev–Trinajstić information content (AvgIpc) is 2.80. The number of hydrogen-bond acceptors (Lipinski definition) is 2. The van der Waals surface area contributed by atoms with Crippen molar-refractivity contribution in [1.82, 2.24) is 9.97 Å². The molecule has 5 heteroatoms. The van der Waals surface area contributed by atoms with Crippen molar-refractivity contribution >= 4 is 39.8 Å². The van der Waals surface area contributed by atoms with Gasteiger partial charge >= 0.3 is 0 Å². The van der Waals surface area contributed by atoms with E-state index in [2.05, 4.69) is 15.3 Å². The fourth-order valence-electron chi connectivity index (χ4n) is 2.01. The molecule has 0 aliphatic rings. The van der Waals surface area contributed by atoms with Crippen molar-refractivity contribution in [2.24, 2.45) is 0 Å². The van der Waals surface area contributed by atoms with Crippen LogP contribution in [0.25, 0.3) is 10.9 Å². The van der Waals surface area contributed by atoms with E-state index < -0.39 is 0 Å². The van der Waals surface area contributed by atoms with Crippen molar-refractivity contribution in [1.29, 1.82) is 0 Å². The summed E-state index contributed by atoms with van der Waals surface area (Å²) in [6.45, 7) is 0.674. The minimum absolute atomic E-state index is 0.477. The molecule has 3 rings (SSSR count). The Hall–Kier alpha value is -1.71. The zero-order chi connectivity index (χ0) is 13.2. The van der Waals surface area contributed by atoms with Crippen LogP contribution < -0.4 is 5.32 Å². The average molecular weight is 292 g/mol. The predicted molar refractivity (Wildman–Crippen MR) is 79.9 cm³/mol. The number of pyridine rings is 1. The maximum absolute atomic E-state index is 6.00. The summed E-state index contributed by atoms with van der Waals surface area (Å²) in [7, 11) is 0. The summed E-state index contributed by atoms with van der Waals surface area (Å²) in [6.07, 6.45) is 3.64. The van der Waals surface area contributed by atoms with E-state index >= 15 is 0 Å². The molecule has 2 heterocycles. The Kier molecular flexibility index (Phi) is 3.32. The number of H-pyrrole nitrogens is 1. The fourth-order valence-corrected chi connectivity index (χ4v) is 2.37. The number of fused-ring (bicyclic) bond motifs is 1. The van der Waals surface area contributed by atoms with Crippen LogP contribution in [0.3, 0.4) is 0 Å². The van der Waals surface area contributed by atoms with Crippen LogP contribution in [0, 0.1) is 0 Å². The molecule has 19 heavy (non-hydrogen) atoms. The lowest BCUT2D eigenvalue weighted by atomic mass is 10.2. The molecule has 0 fully saturated rings. The quantitative estimate of drug-likeness (QED) is 0.699. The van der Waals surface area contributed by atoms with E-state index in [1.165, 1.54) is 0 Å². The lowest BCUT2D eigenvalue weighted by molar-refractivity contribution is 1.15. The van der Waals surface area contributed by atoms with Gasteiger partial charge in [-0.2, -0.15) is 0 Å². The van der Waals surface area contributed by atoms with Crippen LogP contribution in [-0.2, 0) is 6.54 Å². The van der Waals surface area contributed by atoms with Gasteiger partial charge in [-0.05, 0) is 29.8 Å². The topological polar surface area (TPSA) is 40.7 Å². The van der Waals surface area contributed by atoms with Crippen LogP contribution in [0.1, 0.15) is 5.56 Å². The Morgan fingerprint density at radius 2 is 2.11 bits per heavy atom. The second kappa shape index (κ2) is 5.11. The molecule has 0 radical (unpaired) electrons. The molecule has 0 bridgehead atoms. The summed E-state index contributed by atoms with van der Waals surface area (Å²) in [6, 6.07) is 9.57. The van der Waals surface area contributed by atoms with Crippen LogP contribution in [0.2, 0.25) is 10.2 Å². The molecule has 2 N–H and O–H groups in total. The lowest BCUT2D eigenvalue weighted by Crippen LogP contribution is -1.99. The number of halogens is 2. The number of nitrogens with zero attached hydrogens (tertiary/aromatic N) is 1. The molecule has 3 nitrogen and oxygen atoms in total. The van der Waals surface area contributed by atoms with Gasteiger partial charge in [0.1, 0.15) is 0 Å². The molecule has 1 aromatic carbocycles. The van der Waals surface area contributed by atoms with E-state index in [9.17, 15) is 0 Å². The summed E-state index contributed by atoms with van der Waals surface area (Å²) < 4.78 is 0. The second-order valence-electron chi connectivity index (χ2n) is 4.20. The Labute approximate surface area is 120 Å². The molecule has 0 unspecified atom stereocenters. The largest absolute Gasteiger partial charge is 0.378 e. The van der Waals surface area contributed by atoms with Crippen LogP contribution in [0.5, 0.6) is 0 Å². The minimum atomic E-state index is 0.477. The molecular formula is C14H11Cl2N3. The first-order valence-corrected chi connectivity index (χ1v) is 6.59. The van der Waals surface area contributed by atoms with Gasteiger partial charge in [0.05, 0.1) is 5.69 Å². The number of aromatic nitrogens is 2. The van der Waals surface area contributed by atoms with Gasteiger partial charge in [0.2, 0.25) is 0 Å². The highest BCUT2D eigenvalue weighted by Gasteiger charge is 2.05. The van der Waals surface area contributed by atoms with Gasteiger partial charge in [-0.15, -0.1) is 0 Å². The van der Waals surface area contributed by atoms with Gasteiger partial charge in [-0.3, -0.25) is 0 Å². The summed E-state index contributed by atoms with van der Waals surface area (Å²) >= 11 is 12.0. The van der Waals surface area contributed by atoms with Gasteiger partial charge in [0.15, 0.2) is 5.15 Å². The fraction of sp³-hybridized carbons (Fsp3) is 0.0714. The van der Waals surface area contributed by atoms with Gasteiger partial charge in [0, 0.05) is 34.9 Å². The Morgan fingerprint density at radius 1 is 1.21 bits per heavy atom.